The molecule has 0 N–H and O–H groups in total. The van der Waals surface area contributed by atoms with Crippen LogP contribution in [0.1, 0.15) is 90.5 Å². The largest absolute Gasteiger partial charge is 0.298 e. The maximum absolute atomic E-state index is 15.0. The fourth-order valence-electron chi connectivity index (χ4n) is 5.32. The van der Waals surface area contributed by atoms with Gasteiger partial charge in [-0.15, -0.1) is 11.8 Å². The van der Waals surface area contributed by atoms with E-state index < -0.39 is 31.5 Å². The first kappa shape index (κ1) is 32.8. The first-order valence-corrected chi connectivity index (χ1v) is 16.8. The Morgan fingerprint density at radius 1 is 1.08 bits per heavy atom. The lowest BCUT2D eigenvalue weighted by Gasteiger charge is -2.37. The van der Waals surface area contributed by atoms with E-state index in [1.807, 2.05) is 32.9 Å². The second-order valence-electron chi connectivity index (χ2n) is 9.94. The summed E-state index contributed by atoms with van der Waals surface area (Å²) in [5.74, 6) is -0.739. The van der Waals surface area contributed by atoms with Gasteiger partial charge < -0.3 is 0 Å². The van der Waals surface area contributed by atoms with Crippen LogP contribution in [0.4, 0.5) is 8.78 Å². The topological polar surface area (TPSA) is 51.2 Å². The molecule has 8 heteroatoms. The van der Waals surface area contributed by atoms with Crippen molar-refractivity contribution in [2.75, 3.05) is 6.26 Å². The summed E-state index contributed by atoms with van der Waals surface area (Å²) in [6.07, 6.45) is 7.76. The van der Waals surface area contributed by atoms with Crippen LogP contribution in [0.3, 0.4) is 0 Å². The van der Waals surface area contributed by atoms with Gasteiger partial charge in [-0.1, -0.05) is 58.1 Å². The van der Waals surface area contributed by atoms with Gasteiger partial charge in [0.25, 0.3) is 0 Å². The SMILES string of the molecule is CC.CCCC(=O)C(CCC1CCCC(Sc2ccc(Cl)cc2)(c2cc(F)ccc2F)CCC1)S(C)(=O)=O. The van der Waals surface area contributed by atoms with Crippen molar-refractivity contribution >= 4 is 39.0 Å². The van der Waals surface area contributed by atoms with Crippen LogP contribution in [0.2, 0.25) is 5.02 Å². The minimum atomic E-state index is -3.44. The van der Waals surface area contributed by atoms with Gasteiger partial charge in [0.05, 0.1) is 0 Å². The maximum atomic E-state index is 15.0. The molecule has 3 rings (SSSR count). The Bertz CT molecular complexity index is 1130. The summed E-state index contributed by atoms with van der Waals surface area (Å²) in [5.41, 5.74) is 0.392. The molecule has 0 aliphatic heterocycles. The highest BCUT2D eigenvalue weighted by Crippen LogP contribution is 2.51. The third kappa shape index (κ3) is 9.34. The monoisotopic (exact) mass is 586 g/mol. The second-order valence-corrected chi connectivity index (χ2v) is 14.1. The highest BCUT2D eigenvalue weighted by molar-refractivity contribution is 8.00. The molecule has 38 heavy (non-hydrogen) atoms. The molecule has 0 aromatic heterocycles. The van der Waals surface area contributed by atoms with Crippen molar-refractivity contribution in [1.82, 2.24) is 0 Å². The molecule has 0 heterocycles. The predicted molar refractivity (Wildman–Crippen MR) is 156 cm³/mol. The number of Topliss-reactive ketones (excluding diaryl/α,β-unsaturated/α-hetero) is 1. The van der Waals surface area contributed by atoms with Crippen molar-refractivity contribution in [3.63, 3.8) is 0 Å². The Hall–Kier alpha value is -1.44. The molecule has 1 saturated carbocycles. The summed E-state index contributed by atoms with van der Waals surface area (Å²) >= 11 is 7.62. The van der Waals surface area contributed by atoms with E-state index in [2.05, 4.69) is 0 Å². The number of thioether (sulfide) groups is 1. The number of ketones is 1. The standard InChI is InChI=1S/C28H35ClF2O3S2.C2H6/c1-3-6-26(32)27(36(2,33)34)16-9-20-7-4-17-28(18-5-8-20,24-19-22(30)12-15-25(24)31)35-23-13-10-21(29)11-14-23;1-2/h10-15,19-20,27H,3-9,16-18H2,1-2H3;1-2H3. The fourth-order valence-corrected chi connectivity index (χ4v) is 8.09. The zero-order chi connectivity index (χ0) is 28.3. The van der Waals surface area contributed by atoms with Crippen LogP contribution in [0.15, 0.2) is 47.4 Å². The van der Waals surface area contributed by atoms with Crippen molar-refractivity contribution in [1.29, 1.82) is 0 Å². The minimum Gasteiger partial charge on any atom is -0.298 e. The highest BCUT2D eigenvalue weighted by atomic mass is 35.5. The zero-order valence-corrected chi connectivity index (χ0v) is 25.3. The van der Waals surface area contributed by atoms with Gasteiger partial charge in [0.1, 0.15) is 16.9 Å². The predicted octanol–water partition coefficient (Wildman–Crippen LogP) is 9.17. The summed E-state index contributed by atoms with van der Waals surface area (Å²) in [7, 11) is -3.44. The Balaban J connectivity index is 0.00000247. The van der Waals surface area contributed by atoms with E-state index in [9.17, 15) is 17.6 Å². The van der Waals surface area contributed by atoms with Crippen LogP contribution in [0.25, 0.3) is 0 Å². The normalized spacial score (nSPS) is 21.0. The van der Waals surface area contributed by atoms with Crippen molar-refractivity contribution < 1.29 is 22.0 Å². The molecule has 0 amide bonds. The van der Waals surface area contributed by atoms with E-state index in [1.165, 1.54) is 12.1 Å². The van der Waals surface area contributed by atoms with E-state index in [-0.39, 0.29) is 12.2 Å². The number of benzene rings is 2. The van der Waals surface area contributed by atoms with Crippen LogP contribution in [0, 0.1) is 17.6 Å². The highest BCUT2D eigenvalue weighted by Gasteiger charge is 2.37. The van der Waals surface area contributed by atoms with E-state index in [0.29, 0.717) is 48.6 Å². The molecule has 0 spiro atoms. The van der Waals surface area contributed by atoms with E-state index in [4.69, 9.17) is 11.6 Å². The van der Waals surface area contributed by atoms with Crippen LogP contribution in [-0.2, 0) is 19.4 Å². The van der Waals surface area contributed by atoms with E-state index in [0.717, 1.165) is 42.9 Å². The zero-order valence-electron chi connectivity index (χ0n) is 22.9. The Kier molecular flexibility index (Phi) is 13.3. The lowest BCUT2D eigenvalue weighted by molar-refractivity contribution is -0.118. The van der Waals surface area contributed by atoms with Gasteiger partial charge in [-0.2, -0.15) is 0 Å². The Labute approximate surface area is 237 Å². The molecule has 1 aliphatic carbocycles. The van der Waals surface area contributed by atoms with Gasteiger partial charge in [-0.25, -0.2) is 17.2 Å². The molecule has 1 atom stereocenters. The van der Waals surface area contributed by atoms with Crippen LogP contribution in [-0.4, -0.2) is 25.7 Å². The smallest absolute Gasteiger partial charge is 0.157 e. The van der Waals surface area contributed by atoms with E-state index >= 15 is 4.39 Å². The molecule has 2 aromatic rings. The van der Waals surface area contributed by atoms with E-state index in [1.54, 1.807) is 23.9 Å². The number of rotatable bonds is 10. The summed E-state index contributed by atoms with van der Waals surface area (Å²) in [5, 5.41) is -0.306. The van der Waals surface area contributed by atoms with Crippen LogP contribution >= 0.6 is 23.4 Å². The molecule has 0 bridgehead atoms. The molecule has 1 fully saturated rings. The molecule has 2 aromatic carbocycles. The number of halogens is 3. The molecular weight excluding hydrogens is 546 g/mol. The average Bonchev–Trinajstić information content (AvgIpc) is 2.85. The summed E-state index contributed by atoms with van der Waals surface area (Å²) in [4.78, 5) is 13.4. The summed E-state index contributed by atoms with van der Waals surface area (Å²) in [6, 6.07) is 11.1. The van der Waals surface area contributed by atoms with Crippen molar-refractivity contribution in [2.24, 2.45) is 5.92 Å². The van der Waals surface area contributed by atoms with Gasteiger partial charge in [-0.05, 0) is 80.5 Å². The lowest BCUT2D eigenvalue weighted by Crippen LogP contribution is -2.30. The molecule has 1 unspecified atom stereocenters. The number of carbonyl (C=O) groups excluding carboxylic acids is 1. The average molecular weight is 587 g/mol. The Morgan fingerprint density at radius 2 is 1.68 bits per heavy atom. The molecular formula is C30H41ClF2O3S2. The third-order valence-electron chi connectivity index (χ3n) is 7.14. The van der Waals surface area contributed by atoms with Gasteiger partial charge in [0.2, 0.25) is 0 Å². The fraction of sp³-hybridized carbons (Fsp3) is 0.567. The molecule has 1 aliphatic rings. The quantitative estimate of drug-likeness (QED) is 0.278. The second kappa shape index (κ2) is 15.4. The number of hydrogen-bond donors (Lipinski definition) is 0. The van der Waals surface area contributed by atoms with Crippen molar-refractivity contribution in [3.8, 4) is 0 Å². The first-order chi connectivity index (χ1) is 18.0. The number of sulfone groups is 1. The maximum Gasteiger partial charge on any atom is 0.157 e. The van der Waals surface area contributed by atoms with Gasteiger partial charge in [0, 0.05) is 32.9 Å². The van der Waals surface area contributed by atoms with Crippen LogP contribution in [0.5, 0.6) is 0 Å². The number of carbonyl (C=O) groups is 1. The molecule has 212 valence electrons. The Morgan fingerprint density at radius 3 is 2.24 bits per heavy atom. The van der Waals surface area contributed by atoms with Crippen molar-refractivity contribution in [2.45, 2.75) is 99.9 Å². The summed E-state index contributed by atoms with van der Waals surface area (Å²) < 4.78 is 53.1. The van der Waals surface area contributed by atoms with Gasteiger partial charge in [-0.3, -0.25) is 4.79 Å². The first-order valence-electron chi connectivity index (χ1n) is 13.7. The van der Waals surface area contributed by atoms with Crippen LogP contribution < -0.4 is 0 Å². The van der Waals surface area contributed by atoms with Crippen molar-refractivity contribution in [3.05, 3.63) is 64.7 Å². The summed E-state index contributed by atoms with van der Waals surface area (Å²) in [6.45, 7) is 5.88. The third-order valence-corrected chi connectivity index (χ3v) is 10.5. The minimum absolute atomic E-state index is 0.189. The lowest BCUT2D eigenvalue weighted by atomic mass is 9.80. The molecule has 0 radical (unpaired) electrons. The van der Waals surface area contributed by atoms with Gasteiger partial charge in [0.15, 0.2) is 15.6 Å². The number of hydrogen-bond acceptors (Lipinski definition) is 4. The molecule has 0 saturated heterocycles. The van der Waals surface area contributed by atoms with Gasteiger partial charge >= 0.3 is 0 Å². The molecule has 3 nitrogen and oxygen atoms in total.